The van der Waals surface area contributed by atoms with Crippen LogP contribution in [0.4, 0.5) is 5.82 Å². The maximum absolute atomic E-state index is 12.8. The molecule has 160 valence electrons. The van der Waals surface area contributed by atoms with Crippen LogP contribution in [-0.4, -0.2) is 53.4 Å². The lowest BCUT2D eigenvalue weighted by atomic mass is 10.1. The van der Waals surface area contributed by atoms with Crippen molar-refractivity contribution in [3.63, 3.8) is 0 Å². The van der Waals surface area contributed by atoms with Gasteiger partial charge >= 0.3 is 0 Å². The Morgan fingerprint density at radius 3 is 3.06 bits per heavy atom. The van der Waals surface area contributed by atoms with Gasteiger partial charge < -0.3 is 10.2 Å². The maximum atomic E-state index is 12.8. The standard InChI is InChI=1S/C26H30N4O/c1-18-21(13-20-6-3-4-8-24(18)20)16-29(2)25(31)10-9-19-12-22-17-30-11-5-7-23(30)15-28-26(22)27-14-19/h3-4,6,8-10,12,14,23H,5,7,11,13,15-17H2,1-2H3,(H,27,28)/t23-/m0/s1. The van der Waals surface area contributed by atoms with Crippen LogP contribution in [0.15, 0.2) is 48.2 Å². The van der Waals surface area contributed by atoms with Crippen LogP contribution >= 0.6 is 0 Å². The molecule has 1 atom stereocenters. The van der Waals surface area contributed by atoms with E-state index in [-0.39, 0.29) is 5.91 Å². The minimum atomic E-state index is 0.0175. The number of anilines is 1. The average Bonchev–Trinajstić information content (AvgIpc) is 3.30. The highest BCUT2D eigenvalue weighted by Gasteiger charge is 2.28. The van der Waals surface area contributed by atoms with Crippen molar-refractivity contribution in [2.75, 3.05) is 32.0 Å². The predicted molar refractivity (Wildman–Crippen MR) is 126 cm³/mol. The van der Waals surface area contributed by atoms with Crippen molar-refractivity contribution in [3.05, 3.63) is 70.4 Å². The van der Waals surface area contributed by atoms with E-state index in [9.17, 15) is 4.79 Å². The summed E-state index contributed by atoms with van der Waals surface area (Å²) in [6.07, 6.45) is 8.88. The quantitative estimate of drug-likeness (QED) is 0.769. The van der Waals surface area contributed by atoms with E-state index < -0.39 is 0 Å². The number of nitrogens with zero attached hydrogens (tertiary/aromatic N) is 3. The highest BCUT2D eigenvalue weighted by atomic mass is 16.2. The molecule has 0 radical (unpaired) electrons. The number of aromatic nitrogens is 1. The molecular formula is C26H30N4O. The summed E-state index contributed by atoms with van der Waals surface area (Å²) in [6, 6.07) is 11.3. The first-order valence-electron chi connectivity index (χ1n) is 11.3. The number of pyridine rings is 1. The summed E-state index contributed by atoms with van der Waals surface area (Å²) in [5.41, 5.74) is 7.50. The third-order valence-electron chi connectivity index (χ3n) is 6.94. The molecule has 1 amide bonds. The molecule has 0 bridgehead atoms. The number of nitrogens with one attached hydrogen (secondary N) is 1. The number of fused-ring (bicyclic) bond motifs is 3. The number of carbonyl (C=O) groups excluding carboxylic acids is 1. The normalized spacial score (nSPS) is 20.3. The molecule has 5 nitrogen and oxygen atoms in total. The second kappa shape index (κ2) is 8.31. The van der Waals surface area contributed by atoms with E-state index in [4.69, 9.17) is 0 Å². The second-order valence-electron chi connectivity index (χ2n) is 9.01. The Labute approximate surface area is 184 Å². The maximum Gasteiger partial charge on any atom is 0.246 e. The van der Waals surface area contributed by atoms with Gasteiger partial charge in [-0.05, 0) is 72.7 Å². The summed E-state index contributed by atoms with van der Waals surface area (Å²) in [5, 5.41) is 3.50. The van der Waals surface area contributed by atoms with Crippen LogP contribution in [0.3, 0.4) is 0 Å². The van der Waals surface area contributed by atoms with Gasteiger partial charge in [-0.25, -0.2) is 4.98 Å². The first kappa shape index (κ1) is 20.0. The number of hydrogen-bond donors (Lipinski definition) is 1. The summed E-state index contributed by atoms with van der Waals surface area (Å²) in [5.74, 6) is 1.00. The summed E-state index contributed by atoms with van der Waals surface area (Å²) in [6.45, 7) is 5.89. The van der Waals surface area contributed by atoms with Crippen LogP contribution in [0, 0.1) is 0 Å². The Balaban J connectivity index is 1.25. The third-order valence-corrected chi connectivity index (χ3v) is 6.94. The highest BCUT2D eigenvalue weighted by molar-refractivity contribution is 5.92. The van der Waals surface area contributed by atoms with Crippen molar-refractivity contribution in [1.29, 1.82) is 0 Å². The number of amides is 1. The van der Waals surface area contributed by atoms with E-state index in [1.165, 1.54) is 40.7 Å². The fourth-order valence-corrected chi connectivity index (χ4v) is 5.09. The van der Waals surface area contributed by atoms with Gasteiger partial charge in [0.05, 0.1) is 0 Å². The van der Waals surface area contributed by atoms with Crippen molar-refractivity contribution in [3.8, 4) is 0 Å². The van der Waals surface area contributed by atoms with E-state index in [1.807, 2.05) is 19.3 Å². The van der Waals surface area contributed by atoms with Gasteiger partial charge in [0.25, 0.3) is 0 Å². The van der Waals surface area contributed by atoms with Crippen LogP contribution in [0.25, 0.3) is 11.6 Å². The van der Waals surface area contributed by atoms with Crippen molar-refractivity contribution < 1.29 is 4.79 Å². The Morgan fingerprint density at radius 2 is 2.19 bits per heavy atom. The van der Waals surface area contributed by atoms with Gasteiger partial charge in [0.15, 0.2) is 0 Å². The minimum Gasteiger partial charge on any atom is -0.368 e. The SMILES string of the molecule is CC1=C(CN(C)C(=O)C=Cc2cnc3c(c2)CN2CCC[C@H]2CN3)Cc2ccccc21. The molecule has 0 unspecified atom stereocenters. The lowest BCUT2D eigenvalue weighted by Crippen LogP contribution is -2.31. The molecule has 2 aromatic rings. The monoisotopic (exact) mass is 414 g/mol. The van der Waals surface area contributed by atoms with Crippen molar-refractivity contribution in [2.45, 2.75) is 38.8 Å². The van der Waals surface area contributed by atoms with Crippen LogP contribution in [0.1, 0.15) is 42.0 Å². The fourth-order valence-electron chi connectivity index (χ4n) is 5.09. The van der Waals surface area contributed by atoms with Crippen LogP contribution in [-0.2, 0) is 17.8 Å². The third kappa shape index (κ3) is 4.02. The molecule has 31 heavy (non-hydrogen) atoms. The Hall–Kier alpha value is -2.92. The molecule has 1 N–H and O–H groups in total. The summed E-state index contributed by atoms with van der Waals surface area (Å²) < 4.78 is 0. The molecule has 1 saturated heterocycles. The highest BCUT2D eigenvalue weighted by Crippen LogP contribution is 2.32. The number of allylic oxidation sites excluding steroid dienone is 1. The van der Waals surface area contributed by atoms with Gasteiger partial charge in [-0.2, -0.15) is 0 Å². The number of hydrogen-bond acceptors (Lipinski definition) is 4. The van der Waals surface area contributed by atoms with Crippen molar-refractivity contribution in [2.24, 2.45) is 0 Å². The van der Waals surface area contributed by atoms with E-state index in [2.05, 4.69) is 52.5 Å². The lowest BCUT2D eigenvalue weighted by Gasteiger charge is -2.20. The number of rotatable bonds is 4. The van der Waals surface area contributed by atoms with Gasteiger partial charge in [0.2, 0.25) is 5.91 Å². The van der Waals surface area contributed by atoms with Crippen LogP contribution in [0.5, 0.6) is 0 Å². The molecule has 1 aliphatic carbocycles. The summed E-state index contributed by atoms with van der Waals surface area (Å²) in [4.78, 5) is 21.7. The predicted octanol–water partition coefficient (Wildman–Crippen LogP) is 3.97. The van der Waals surface area contributed by atoms with E-state index in [0.29, 0.717) is 12.6 Å². The van der Waals surface area contributed by atoms with Crippen LogP contribution in [0.2, 0.25) is 0 Å². The average molecular weight is 415 g/mol. The van der Waals surface area contributed by atoms with Gasteiger partial charge in [0.1, 0.15) is 5.82 Å². The van der Waals surface area contributed by atoms with Gasteiger partial charge in [0, 0.05) is 50.6 Å². The molecular weight excluding hydrogens is 384 g/mol. The molecule has 3 heterocycles. The zero-order valence-electron chi connectivity index (χ0n) is 18.4. The number of benzene rings is 1. The van der Waals surface area contributed by atoms with Gasteiger partial charge in [-0.3, -0.25) is 9.69 Å². The van der Waals surface area contributed by atoms with Crippen molar-refractivity contribution in [1.82, 2.24) is 14.8 Å². The minimum absolute atomic E-state index is 0.0175. The zero-order valence-corrected chi connectivity index (χ0v) is 18.4. The van der Waals surface area contributed by atoms with Gasteiger partial charge in [-0.15, -0.1) is 0 Å². The first-order valence-corrected chi connectivity index (χ1v) is 11.3. The molecule has 5 heteroatoms. The Morgan fingerprint density at radius 1 is 1.32 bits per heavy atom. The Bertz CT molecular complexity index is 1070. The molecule has 1 aromatic heterocycles. The Kier molecular flexibility index (Phi) is 5.36. The molecule has 1 fully saturated rings. The molecule has 5 rings (SSSR count). The largest absolute Gasteiger partial charge is 0.368 e. The molecule has 2 aliphatic heterocycles. The summed E-state index contributed by atoms with van der Waals surface area (Å²) in [7, 11) is 1.88. The van der Waals surface area contributed by atoms with Crippen molar-refractivity contribution >= 4 is 23.4 Å². The smallest absolute Gasteiger partial charge is 0.246 e. The number of likely N-dealkylation sites (N-methyl/N-ethyl adjacent to an activating group) is 1. The topological polar surface area (TPSA) is 48.5 Å². The molecule has 3 aliphatic rings. The zero-order chi connectivity index (χ0) is 21.4. The van der Waals surface area contributed by atoms with Crippen LogP contribution < -0.4 is 5.32 Å². The molecule has 0 spiro atoms. The van der Waals surface area contributed by atoms with Gasteiger partial charge in [-0.1, -0.05) is 24.3 Å². The second-order valence-corrected chi connectivity index (χ2v) is 9.01. The first-order chi connectivity index (χ1) is 15.1. The van der Waals surface area contributed by atoms with E-state index in [0.717, 1.165) is 37.4 Å². The van der Waals surface area contributed by atoms with E-state index >= 15 is 0 Å². The molecule has 0 saturated carbocycles. The summed E-state index contributed by atoms with van der Waals surface area (Å²) >= 11 is 0. The lowest BCUT2D eigenvalue weighted by molar-refractivity contribution is -0.124. The fraction of sp³-hybridized carbons (Fsp3) is 0.385. The molecule has 1 aromatic carbocycles. The number of carbonyl (C=O) groups is 1. The van der Waals surface area contributed by atoms with E-state index in [1.54, 1.807) is 11.0 Å².